The average Bonchev–Trinajstić information content (AvgIpc) is 2.93. The van der Waals surface area contributed by atoms with Crippen molar-refractivity contribution >= 4 is 18.3 Å². The van der Waals surface area contributed by atoms with Crippen LogP contribution in [0.4, 0.5) is 4.39 Å². The Morgan fingerprint density at radius 3 is 2.26 bits per heavy atom. The van der Waals surface area contributed by atoms with Gasteiger partial charge in [-0.2, -0.15) is 0 Å². The van der Waals surface area contributed by atoms with E-state index in [2.05, 4.69) is 5.32 Å². The van der Waals surface area contributed by atoms with Crippen molar-refractivity contribution in [2.75, 3.05) is 6.54 Å². The minimum Gasteiger partial charge on any atom is -0.354 e. The Labute approximate surface area is 144 Å². The first-order chi connectivity index (χ1) is 10.2. The molecule has 0 aromatic heterocycles. The number of hydrogen-bond acceptors (Lipinski definition) is 2. The lowest BCUT2D eigenvalue weighted by atomic mass is 9.78. The van der Waals surface area contributed by atoms with E-state index >= 15 is 0 Å². The fraction of sp³-hybridized carbons (Fsp3) is 0.611. The fourth-order valence-electron chi connectivity index (χ4n) is 3.18. The van der Waals surface area contributed by atoms with Gasteiger partial charge < -0.3 is 11.1 Å². The monoisotopic (exact) mass is 342 g/mol. The van der Waals surface area contributed by atoms with Crippen LogP contribution in [0, 0.1) is 11.2 Å². The number of rotatable bonds is 4. The Kier molecular flexibility index (Phi) is 6.60. The van der Waals surface area contributed by atoms with Crippen LogP contribution in [-0.4, -0.2) is 18.5 Å². The molecule has 1 aliphatic carbocycles. The Bertz CT molecular complexity index is 519. The van der Waals surface area contributed by atoms with Crippen molar-refractivity contribution in [3.8, 4) is 0 Å². The summed E-state index contributed by atoms with van der Waals surface area (Å²) in [5.41, 5.74) is 6.78. The second-order valence-electron chi connectivity index (χ2n) is 7.56. The van der Waals surface area contributed by atoms with E-state index in [1.165, 1.54) is 12.1 Å². The maximum absolute atomic E-state index is 13.2. The van der Waals surface area contributed by atoms with E-state index in [0.29, 0.717) is 6.54 Å². The van der Waals surface area contributed by atoms with E-state index in [4.69, 9.17) is 5.73 Å². The fourth-order valence-corrected chi connectivity index (χ4v) is 3.18. The molecule has 3 nitrogen and oxygen atoms in total. The normalized spacial score (nSPS) is 18.1. The first-order valence-electron chi connectivity index (χ1n) is 8.04. The highest BCUT2D eigenvalue weighted by molar-refractivity contribution is 5.85. The molecule has 130 valence electrons. The smallest absolute Gasteiger partial charge is 0.237 e. The van der Waals surface area contributed by atoms with Crippen LogP contribution in [0.1, 0.15) is 52.0 Å². The molecule has 1 amide bonds. The number of carbonyl (C=O) groups is 1. The van der Waals surface area contributed by atoms with Crippen molar-refractivity contribution in [3.05, 3.63) is 35.6 Å². The third-order valence-corrected chi connectivity index (χ3v) is 4.83. The van der Waals surface area contributed by atoms with Crippen molar-refractivity contribution in [1.29, 1.82) is 0 Å². The molecule has 0 bridgehead atoms. The molecule has 1 aromatic rings. The summed E-state index contributed by atoms with van der Waals surface area (Å²) in [4.78, 5) is 12.3. The van der Waals surface area contributed by atoms with Gasteiger partial charge in [0, 0.05) is 12.0 Å². The van der Waals surface area contributed by atoms with Crippen LogP contribution in [0.15, 0.2) is 24.3 Å². The molecule has 0 unspecified atom stereocenters. The number of nitrogens with one attached hydrogen (secondary N) is 1. The molecule has 2 rings (SSSR count). The zero-order chi connectivity index (χ0) is 16.4. The Hall–Kier alpha value is -1.13. The molecule has 0 radical (unpaired) electrons. The Morgan fingerprint density at radius 2 is 1.78 bits per heavy atom. The molecule has 1 atom stereocenters. The molecule has 1 fully saturated rings. The van der Waals surface area contributed by atoms with E-state index in [1.807, 2.05) is 32.9 Å². The minimum absolute atomic E-state index is 0. The molecular formula is C18H28ClFN2O. The molecule has 1 aromatic carbocycles. The molecule has 0 heterocycles. The summed E-state index contributed by atoms with van der Waals surface area (Å²) in [5.74, 6) is -0.337. The number of carbonyl (C=O) groups excluding carboxylic acids is 1. The summed E-state index contributed by atoms with van der Waals surface area (Å²) in [6.07, 6.45) is 4.31. The van der Waals surface area contributed by atoms with E-state index in [1.54, 1.807) is 0 Å². The van der Waals surface area contributed by atoms with Crippen molar-refractivity contribution in [3.63, 3.8) is 0 Å². The van der Waals surface area contributed by atoms with Gasteiger partial charge in [0.15, 0.2) is 0 Å². The minimum atomic E-state index is -0.529. The lowest BCUT2D eigenvalue weighted by molar-refractivity contribution is -0.124. The number of benzene rings is 1. The number of halogens is 2. The first kappa shape index (κ1) is 19.9. The third-order valence-electron chi connectivity index (χ3n) is 4.83. The number of nitrogens with two attached hydrogens (primary N) is 1. The van der Waals surface area contributed by atoms with Crippen LogP contribution in [0.5, 0.6) is 0 Å². The summed E-state index contributed by atoms with van der Waals surface area (Å²) in [5, 5.41) is 3.03. The SMILES string of the molecule is CC(C)(C)[C@H](N)C(=O)NCC1(c2ccc(F)cc2)CCCC1.Cl. The van der Waals surface area contributed by atoms with Crippen molar-refractivity contribution in [2.45, 2.75) is 57.9 Å². The molecule has 5 heteroatoms. The van der Waals surface area contributed by atoms with Crippen LogP contribution in [0.3, 0.4) is 0 Å². The quantitative estimate of drug-likeness (QED) is 0.879. The largest absolute Gasteiger partial charge is 0.354 e. The molecule has 3 N–H and O–H groups in total. The van der Waals surface area contributed by atoms with Crippen LogP contribution >= 0.6 is 12.4 Å². The predicted molar refractivity (Wildman–Crippen MR) is 94.2 cm³/mol. The molecule has 23 heavy (non-hydrogen) atoms. The highest BCUT2D eigenvalue weighted by Gasteiger charge is 2.37. The van der Waals surface area contributed by atoms with Gasteiger partial charge in [-0.25, -0.2) is 4.39 Å². The Morgan fingerprint density at radius 1 is 1.26 bits per heavy atom. The number of amides is 1. The van der Waals surface area contributed by atoms with E-state index < -0.39 is 6.04 Å². The van der Waals surface area contributed by atoms with Gasteiger partial charge in [-0.3, -0.25) is 4.79 Å². The van der Waals surface area contributed by atoms with E-state index in [-0.39, 0.29) is 35.0 Å². The topological polar surface area (TPSA) is 55.1 Å². The van der Waals surface area contributed by atoms with Gasteiger partial charge in [-0.15, -0.1) is 12.4 Å². The summed E-state index contributed by atoms with van der Waals surface area (Å²) in [7, 11) is 0. The van der Waals surface area contributed by atoms with E-state index in [9.17, 15) is 9.18 Å². The van der Waals surface area contributed by atoms with Gasteiger partial charge >= 0.3 is 0 Å². The highest BCUT2D eigenvalue weighted by Crippen LogP contribution is 2.40. The van der Waals surface area contributed by atoms with Gasteiger partial charge in [0.25, 0.3) is 0 Å². The van der Waals surface area contributed by atoms with Gasteiger partial charge in [-0.1, -0.05) is 45.7 Å². The zero-order valence-corrected chi connectivity index (χ0v) is 15.0. The summed E-state index contributed by atoms with van der Waals surface area (Å²) in [6, 6.07) is 6.16. The summed E-state index contributed by atoms with van der Waals surface area (Å²) in [6.45, 7) is 6.45. The van der Waals surface area contributed by atoms with Gasteiger partial charge in [0.2, 0.25) is 5.91 Å². The predicted octanol–water partition coefficient (Wildman–Crippen LogP) is 3.55. The van der Waals surface area contributed by atoms with Crippen LogP contribution in [-0.2, 0) is 10.2 Å². The standard InChI is InChI=1S/C18H27FN2O.ClH/c1-17(2,3)15(20)16(22)21-12-18(10-4-5-11-18)13-6-8-14(19)9-7-13;/h6-9,15H,4-5,10-12,20H2,1-3H3,(H,21,22);1H/t15-;/m1./s1. The van der Waals surface area contributed by atoms with Gasteiger partial charge in [0.05, 0.1) is 6.04 Å². The van der Waals surface area contributed by atoms with Gasteiger partial charge in [0.1, 0.15) is 5.82 Å². The maximum atomic E-state index is 13.2. The van der Waals surface area contributed by atoms with Gasteiger partial charge in [-0.05, 0) is 36.0 Å². The molecular weight excluding hydrogens is 315 g/mol. The van der Waals surface area contributed by atoms with Crippen molar-refractivity contribution < 1.29 is 9.18 Å². The molecule has 1 saturated carbocycles. The molecule has 0 spiro atoms. The van der Waals surface area contributed by atoms with Crippen LogP contribution in [0.25, 0.3) is 0 Å². The maximum Gasteiger partial charge on any atom is 0.237 e. The lowest BCUT2D eigenvalue weighted by Gasteiger charge is -2.32. The van der Waals surface area contributed by atoms with E-state index in [0.717, 1.165) is 31.2 Å². The summed E-state index contributed by atoms with van der Waals surface area (Å²) < 4.78 is 13.2. The number of hydrogen-bond donors (Lipinski definition) is 2. The molecule has 0 aliphatic heterocycles. The summed E-state index contributed by atoms with van der Waals surface area (Å²) >= 11 is 0. The third kappa shape index (κ3) is 4.67. The second-order valence-corrected chi connectivity index (χ2v) is 7.56. The lowest BCUT2D eigenvalue weighted by Crippen LogP contribution is -2.51. The second kappa shape index (κ2) is 7.63. The first-order valence-corrected chi connectivity index (χ1v) is 8.04. The van der Waals surface area contributed by atoms with Crippen LogP contribution < -0.4 is 11.1 Å². The Balaban J connectivity index is 0.00000264. The zero-order valence-electron chi connectivity index (χ0n) is 14.2. The molecule has 1 aliphatic rings. The molecule has 0 saturated heterocycles. The van der Waals surface area contributed by atoms with Crippen molar-refractivity contribution in [2.24, 2.45) is 11.1 Å². The highest BCUT2D eigenvalue weighted by atomic mass is 35.5. The average molecular weight is 343 g/mol. The van der Waals surface area contributed by atoms with Crippen LogP contribution in [0.2, 0.25) is 0 Å². The van der Waals surface area contributed by atoms with Crippen molar-refractivity contribution in [1.82, 2.24) is 5.32 Å².